The van der Waals surface area contributed by atoms with Crippen molar-refractivity contribution in [3.05, 3.63) is 34.5 Å². The number of rotatable bonds is 5. The van der Waals surface area contributed by atoms with E-state index in [0.717, 1.165) is 21.9 Å². The van der Waals surface area contributed by atoms with Gasteiger partial charge >= 0.3 is 0 Å². The first-order valence-electron chi connectivity index (χ1n) is 4.89. The van der Waals surface area contributed by atoms with Crippen molar-refractivity contribution in [1.82, 2.24) is 9.78 Å². The average Bonchev–Trinajstić information content (AvgIpc) is 2.85. The molecule has 0 saturated heterocycles. The van der Waals surface area contributed by atoms with Crippen molar-refractivity contribution >= 4 is 29.4 Å². The summed E-state index contributed by atoms with van der Waals surface area (Å²) >= 11 is 1.13. The third-order valence-corrected chi connectivity index (χ3v) is 2.93. The molecule has 0 radical (unpaired) electrons. The lowest BCUT2D eigenvalue weighted by Gasteiger charge is -1.99. The van der Waals surface area contributed by atoms with Crippen molar-refractivity contribution in [2.24, 2.45) is 0 Å². The fraction of sp³-hybridized carbons (Fsp3) is 0.300. The predicted octanol–water partition coefficient (Wildman–Crippen LogP) is 2.11. The van der Waals surface area contributed by atoms with Crippen LogP contribution in [0, 0.1) is 5.13 Å². The first-order valence-corrected chi connectivity index (χ1v) is 5.71. The summed E-state index contributed by atoms with van der Waals surface area (Å²) in [4.78, 5) is 0.937. The van der Waals surface area contributed by atoms with Crippen LogP contribution < -0.4 is 5.32 Å². The summed E-state index contributed by atoms with van der Waals surface area (Å²) in [6.45, 7) is 1.13. The maximum atomic E-state index is 12.7. The second-order valence-corrected chi connectivity index (χ2v) is 4.39. The number of thiophene rings is 1. The Balaban J connectivity index is 0.00000144. The fourth-order valence-electron chi connectivity index (χ4n) is 1.32. The summed E-state index contributed by atoms with van der Waals surface area (Å²) in [5.74, 6) is 0. The molecule has 0 amide bonds. The normalized spacial score (nSPS) is 10.0. The minimum absolute atomic E-state index is 0. The van der Waals surface area contributed by atoms with E-state index >= 15 is 0 Å². The average molecular weight is 278 g/mol. The predicted molar refractivity (Wildman–Crippen MR) is 68.2 cm³/mol. The number of nitrogens with one attached hydrogen (secondary N) is 1. The van der Waals surface area contributed by atoms with Gasteiger partial charge in [-0.05, 0) is 12.1 Å². The van der Waals surface area contributed by atoms with Gasteiger partial charge in [-0.3, -0.25) is 4.68 Å². The lowest BCUT2D eigenvalue weighted by molar-refractivity contribution is 0.269. The number of nitrogens with zero attached hydrogens (tertiary/aromatic N) is 2. The molecule has 0 bridgehead atoms. The minimum Gasteiger partial charge on any atom is -0.394 e. The molecule has 94 valence electrons. The first kappa shape index (κ1) is 14.0. The Morgan fingerprint density at radius 3 is 2.94 bits per heavy atom. The maximum Gasteiger partial charge on any atom is 0.176 e. The van der Waals surface area contributed by atoms with Gasteiger partial charge in [0.15, 0.2) is 5.13 Å². The van der Waals surface area contributed by atoms with Gasteiger partial charge in [0.05, 0.1) is 25.0 Å². The molecule has 0 aliphatic heterocycles. The van der Waals surface area contributed by atoms with Gasteiger partial charge in [-0.2, -0.15) is 9.49 Å². The molecule has 7 heteroatoms. The number of hydrogen-bond acceptors (Lipinski definition) is 4. The Hall–Kier alpha value is -1.11. The second-order valence-electron chi connectivity index (χ2n) is 3.28. The molecule has 0 unspecified atom stereocenters. The SMILES string of the molecule is Cl.OCCn1cc(NCc2ccc(F)s2)cn1. The molecule has 0 aromatic carbocycles. The third-order valence-electron chi connectivity index (χ3n) is 2.06. The summed E-state index contributed by atoms with van der Waals surface area (Å²) in [6.07, 6.45) is 3.49. The van der Waals surface area contributed by atoms with E-state index in [4.69, 9.17) is 5.11 Å². The van der Waals surface area contributed by atoms with Gasteiger partial charge in [0, 0.05) is 17.6 Å². The number of anilines is 1. The number of halogens is 2. The molecule has 0 saturated carbocycles. The molecule has 0 spiro atoms. The van der Waals surface area contributed by atoms with E-state index in [1.54, 1.807) is 23.1 Å². The monoisotopic (exact) mass is 277 g/mol. The van der Waals surface area contributed by atoms with E-state index in [2.05, 4.69) is 10.4 Å². The van der Waals surface area contributed by atoms with Crippen molar-refractivity contribution in [3.63, 3.8) is 0 Å². The fourth-order valence-corrected chi connectivity index (χ4v) is 1.98. The van der Waals surface area contributed by atoms with Gasteiger partial charge in [-0.1, -0.05) is 0 Å². The van der Waals surface area contributed by atoms with E-state index in [-0.39, 0.29) is 24.1 Å². The van der Waals surface area contributed by atoms with Crippen LogP contribution in [0.3, 0.4) is 0 Å². The Kier molecular flexibility index (Phi) is 5.40. The molecular formula is C10H13ClFN3OS. The molecule has 0 atom stereocenters. The van der Waals surface area contributed by atoms with Crippen molar-refractivity contribution < 1.29 is 9.50 Å². The van der Waals surface area contributed by atoms with Gasteiger partial charge in [-0.15, -0.1) is 23.7 Å². The van der Waals surface area contributed by atoms with Gasteiger partial charge in [-0.25, -0.2) is 0 Å². The van der Waals surface area contributed by atoms with Crippen molar-refractivity contribution in [3.8, 4) is 0 Å². The van der Waals surface area contributed by atoms with Crippen LogP contribution in [-0.4, -0.2) is 21.5 Å². The Bertz CT molecular complexity index is 460. The highest BCUT2D eigenvalue weighted by atomic mass is 35.5. The molecule has 17 heavy (non-hydrogen) atoms. The largest absolute Gasteiger partial charge is 0.394 e. The molecule has 0 aliphatic rings. The zero-order valence-electron chi connectivity index (χ0n) is 8.97. The van der Waals surface area contributed by atoms with E-state index < -0.39 is 0 Å². The summed E-state index contributed by atoms with van der Waals surface area (Å²) in [6, 6.07) is 3.21. The molecule has 2 N–H and O–H groups in total. The summed E-state index contributed by atoms with van der Waals surface area (Å²) in [7, 11) is 0. The Morgan fingerprint density at radius 2 is 2.29 bits per heavy atom. The smallest absolute Gasteiger partial charge is 0.176 e. The van der Waals surface area contributed by atoms with Gasteiger partial charge in [0.1, 0.15) is 0 Å². The summed E-state index contributed by atoms with van der Waals surface area (Å²) < 4.78 is 14.4. The van der Waals surface area contributed by atoms with Crippen LogP contribution in [0.4, 0.5) is 10.1 Å². The van der Waals surface area contributed by atoms with Gasteiger partial charge < -0.3 is 10.4 Å². The topological polar surface area (TPSA) is 50.1 Å². The van der Waals surface area contributed by atoms with Crippen LogP contribution in [0.25, 0.3) is 0 Å². The van der Waals surface area contributed by atoms with Gasteiger partial charge in [0.2, 0.25) is 0 Å². The van der Waals surface area contributed by atoms with Crippen molar-refractivity contribution in [2.45, 2.75) is 13.1 Å². The number of aliphatic hydroxyl groups excluding tert-OH is 1. The van der Waals surface area contributed by atoms with Crippen LogP contribution in [-0.2, 0) is 13.1 Å². The molecule has 2 heterocycles. The highest BCUT2D eigenvalue weighted by molar-refractivity contribution is 7.10. The molecule has 2 aromatic heterocycles. The Labute approximate surface area is 108 Å². The third kappa shape index (κ3) is 3.99. The minimum atomic E-state index is -0.173. The van der Waals surface area contributed by atoms with Crippen LogP contribution >= 0.6 is 23.7 Å². The lowest BCUT2D eigenvalue weighted by atomic mass is 10.4. The zero-order valence-corrected chi connectivity index (χ0v) is 10.6. The van der Waals surface area contributed by atoms with E-state index in [1.165, 1.54) is 6.07 Å². The van der Waals surface area contributed by atoms with Gasteiger partial charge in [0.25, 0.3) is 0 Å². The molecule has 0 aliphatic carbocycles. The van der Waals surface area contributed by atoms with E-state index in [0.29, 0.717) is 13.1 Å². The Morgan fingerprint density at radius 1 is 1.47 bits per heavy atom. The van der Waals surface area contributed by atoms with Crippen LogP contribution in [0.1, 0.15) is 4.88 Å². The van der Waals surface area contributed by atoms with E-state index in [1.807, 2.05) is 0 Å². The van der Waals surface area contributed by atoms with Crippen molar-refractivity contribution in [2.75, 3.05) is 11.9 Å². The van der Waals surface area contributed by atoms with Crippen molar-refractivity contribution in [1.29, 1.82) is 0 Å². The summed E-state index contributed by atoms with van der Waals surface area (Å²) in [5.41, 5.74) is 0.863. The maximum absolute atomic E-state index is 12.7. The first-order chi connectivity index (χ1) is 7.78. The number of hydrogen-bond donors (Lipinski definition) is 2. The van der Waals surface area contributed by atoms with E-state index in [9.17, 15) is 4.39 Å². The summed E-state index contributed by atoms with van der Waals surface area (Å²) in [5, 5.41) is 15.7. The number of aromatic nitrogens is 2. The number of aliphatic hydroxyl groups is 1. The highest BCUT2D eigenvalue weighted by Crippen LogP contribution is 2.16. The van der Waals surface area contributed by atoms with Crippen LogP contribution in [0.5, 0.6) is 0 Å². The molecule has 4 nitrogen and oxygen atoms in total. The molecule has 0 fully saturated rings. The second kappa shape index (κ2) is 6.58. The van der Waals surface area contributed by atoms with Crippen LogP contribution in [0.15, 0.2) is 24.5 Å². The highest BCUT2D eigenvalue weighted by Gasteiger charge is 2.00. The molecular weight excluding hydrogens is 265 g/mol. The quantitative estimate of drug-likeness (QED) is 0.880. The molecule has 2 rings (SSSR count). The standard InChI is InChI=1S/C10H12FN3OS.ClH/c11-10-2-1-9(16-10)6-12-8-5-13-14(7-8)3-4-15;/h1-2,5,7,12,15H,3-4,6H2;1H. The zero-order chi connectivity index (χ0) is 11.4. The lowest BCUT2D eigenvalue weighted by Crippen LogP contribution is -2.01. The van der Waals surface area contributed by atoms with Crippen LogP contribution in [0.2, 0.25) is 0 Å². The molecule has 2 aromatic rings.